The molecule has 34 heavy (non-hydrogen) atoms. The van der Waals surface area contributed by atoms with E-state index < -0.39 is 11.9 Å². The Bertz CT molecular complexity index is 1220. The maximum Gasteiger partial charge on any atom is 0.340 e. The van der Waals surface area contributed by atoms with Gasteiger partial charge < -0.3 is 23.9 Å². The number of benzene rings is 1. The molecule has 176 valence electrons. The van der Waals surface area contributed by atoms with Gasteiger partial charge in [0.25, 0.3) is 5.91 Å². The zero-order valence-electron chi connectivity index (χ0n) is 19.0. The van der Waals surface area contributed by atoms with Gasteiger partial charge >= 0.3 is 5.97 Å². The number of nitrogens with zero attached hydrogens (tertiary/aromatic N) is 1. The molecule has 2 heterocycles. The topological polar surface area (TPSA) is 111 Å². The lowest BCUT2D eigenvalue weighted by atomic mass is 10.2. The predicted molar refractivity (Wildman–Crippen MR) is 128 cm³/mol. The molecule has 0 fully saturated rings. The number of amides is 1. The second kappa shape index (κ2) is 11.7. The van der Waals surface area contributed by atoms with E-state index in [9.17, 15) is 14.9 Å². The number of carbonyl (C=O) groups excluding carboxylic acids is 2. The van der Waals surface area contributed by atoms with Crippen LogP contribution in [-0.2, 0) is 22.6 Å². The summed E-state index contributed by atoms with van der Waals surface area (Å²) in [5.41, 5.74) is 0.0933. The van der Waals surface area contributed by atoms with Crippen LogP contribution in [0, 0.1) is 11.3 Å². The maximum absolute atomic E-state index is 12.7. The number of aryl methyl sites for hydroxylation is 1. The van der Waals surface area contributed by atoms with E-state index in [1.165, 1.54) is 24.5 Å². The van der Waals surface area contributed by atoms with Crippen molar-refractivity contribution in [3.05, 3.63) is 70.0 Å². The Morgan fingerprint density at radius 1 is 1.15 bits per heavy atom. The van der Waals surface area contributed by atoms with Gasteiger partial charge in [-0.05, 0) is 48.9 Å². The van der Waals surface area contributed by atoms with E-state index in [-0.39, 0.29) is 17.7 Å². The lowest BCUT2D eigenvalue weighted by molar-refractivity contribution is -0.112. The Morgan fingerprint density at radius 2 is 1.88 bits per heavy atom. The molecule has 0 radical (unpaired) electrons. The van der Waals surface area contributed by atoms with Crippen molar-refractivity contribution < 1.29 is 28.2 Å². The van der Waals surface area contributed by atoms with E-state index in [2.05, 4.69) is 5.32 Å². The summed E-state index contributed by atoms with van der Waals surface area (Å²) in [6, 6.07) is 14.0. The molecule has 3 rings (SSSR count). The van der Waals surface area contributed by atoms with Crippen LogP contribution in [0.1, 0.15) is 40.1 Å². The highest BCUT2D eigenvalue weighted by atomic mass is 32.1. The minimum absolute atomic E-state index is 0.168. The Hall–Kier alpha value is -4.03. The van der Waals surface area contributed by atoms with E-state index in [4.69, 9.17) is 18.6 Å². The molecule has 1 amide bonds. The second-order valence-electron chi connectivity index (χ2n) is 7.09. The van der Waals surface area contributed by atoms with E-state index in [1.807, 2.05) is 13.0 Å². The van der Waals surface area contributed by atoms with Crippen LogP contribution in [0.4, 0.5) is 5.00 Å². The van der Waals surface area contributed by atoms with Crippen molar-refractivity contribution in [3.8, 4) is 17.6 Å². The fourth-order valence-electron chi connectivity index (χ4n) is 3.00. The highest BCUT2D eigenvalue weighted by Gasteiger charge is 2.20. The first-order chi connectivity index (χ1) is 16.5. The van der Waals surface area contributed by atoms with Crippen molar-refractivity contribution in [3.63, 3.8) is 0 Å². The molecule has 0 saturated heterocycles. The number of methoxy groups -OCH3 is 2. The fraction of sp³-hybridized carbons (Fsp3) is 0.240. The first-order valence-corrected chi connectivity index (χ1v) is 11.3. The Balaban J connectivity index is 1.69. The van der Waals surface area contributed by atoms with Gasteiger partial charge in [0.15, 0.2) is 0 Å². The number of ether oxygens (including phenoxy) is 3. The zero-order chi connectivity index (χ0) is 24.5. The number of nitriles is 1. The number of rotatable bonds is 10. The second-order valence-corrected chi connectivity index (χ2v) is 8.23. The van der Waals surface area contributed by atoms with E-state index in [0.717, 1.165) is 23.5 Å². The molecule has 0 aliphatic heterocycles. The lowest BCUT2D eigenvalue weighted by Crippen LogP contribution is -2.15. The molecular formula is C25H24N2O6S. The van der Waals surface area contributed by atoms with Crippen LogP contribution in [-0.4, -0.2) is 26.1 Å². The summed E-state index contributed by atoms with van der Waals surface area (Å²) in [5.74, 6) is 1.02. The molecule has 0 bridgehead atoms. The maximum atomic E-state index is 12.7. The summed E-state index contributed by atoms with van der Waals surface area (Å²) in [6.45, 7) is 2.19. The summed E-state index contributed by atoms with van der Waals surface area (Å²) in [5, 5.41) is 12.5. The van der Waals surface area contributed by atoms with E-state index in [0.29, 0.717) is 22.3 Å². The van der Waals surface area contributed by atoms with Gasteiger partial charge in [0.2, 0.25) is 0 Å². The molecule has 0 spiro atoms. The average Bonchev–Trinajstić information content (AvgIpc) is 3.47. The summed E-state index contributed by atoms with van der Waals surface area (Å²) < 4.78 is 21.3. The molecule has 9 heteroatoms. The van der Waals surface area contributed by atoms with Crippen LogP contribution in [0.5, 0.6) is 11.5 Å². The summed E-state index contributed by atoms with van der Waals surface area (Å²) in [6.07, 6.45) is 2.99. The number of anilines is 1. The number of nitrogens with one attached hydrogen (secondary N) is 1. The quantitative estimate of drug-likeness (QED) is 0.241. The number of hydrogen-bond donors (Lipinski definition) is 1. The molecule has 0 aliphatic rings. The third-order valence-corrected chi connectivity index (χ3v) is 5.80. The minimum atomic E-state index is -0.648. The molecule has 3 aromatic rings. The van der Waals surface area contributed by atoms with Gasteiger partial charge in [-0.15, -0.1) is 11.3 Å². The average molecular weight is 481 g/mol. The van der Waals surface area contributed by atoms with Crippen molar-refractivity contribution in [2.45, 2.75) is 26.4 Å². The fourth-order valence-corrected chi connectivity index (χ4v) is 4.14. The van der Waals surface area contributed by atoms with Crippen LogP contribution in [0.15, 0.2) is 52.5 Å². The van der Waals surface area contributed by atoms with Crippen molar-refractivity contribution in [1.82, 2.24) is 0 Å². The van der Waals surface area contributed by atoms with Gasteiger partial charge in [-0.25, -0.2) is 4.79 Å². The van der Waals surface area contributed by atoms with Crippen molar-refractivity contribution in [2.24, 2.45) is 0 Å². The third-order valence-electron chi connectivity index (χ3n) is 4.69. The van der Waals surface area contributed by atoms with Crippen LogP contribution in [0.2, 0.25) is 0 Å². The number of thiophene rings is 1. The summed E-state index contributed by atoms with van der Waals surface area (Å²) >= 11 is 1.28. The molecule has 1 N–H and O–H groups in total. The van der Waals surface area contributed by atoms with Gasteiger partial charge in [0.05, 0.1) is 19.8 Å². The van der Waals surface area contributed by atoms with E-state index >= 15 is 0 Å². The standard InChI is InChI=1S/C25H24N2O6S/c1-4-5-21-13-22(25(29)31-3)24(34-21)27-23(28)16(14-26)12-19-10-11-20(33-19)15-32-18-8-6-17(30-2)7-9-18/h6-13H,4-5,15H2,1-3H3,(H,27,28)/b16-12+. The number of carbonyl (C=O) groups is 2. The Kier molecular flexibility index (Phi) is 8.48. The SMILES string of the molecule is CCCc1cc(C(=O)OC)c(NC(=O)/C(C#N)=C/c2ccc(COc3ccc(OC)cc3)o2)s1. The highest BCUT2D eigenvalue weighted by molar-refractivity contribution is 7.16. The smallest absolute Gasteiger partial charge is 0.340 e. The number of furan rings is 1. The monoisotopic (exact) mass is 480 g/mol. The summed E-state index contributed by atoms with van der Waals surface area (Å²) in [4.78, 5) is 25.7. The molecule has 0 unspecified atom stereocenters. The van der Waals surface area contributed by atoms with Gasteiger partial charge in [0.1, 0.15) is 46.3 Å². The van der Waals surface area contributed by atoms with Crippen LogP contribution in [0.25, 0.3) is 6.08 Å². The molecule has 0 aliphatic carbocycles. The molecular weight excluding hydrogens is 456 g/mol. The van der Waals surface area contributed by atoms with Gasteiger partial charge in [-0.1, -0.05) is 13.3 Å². The Morgan fingerprint density at radius 3 is 2.53 bits per heavy atom. The van der Waals surface area contributed by atoms with Crippen LogP contribution < -0.4 is 14.8 Å². The number of hydrogen-bond acceptors (Lipinski definition) is 8. The first-order valence-electron chi connectivity index (χ1n) is 10.5. The minimum Gasteiger partial charge on any atom is -0.497 e. The Labute approximate surface area is 201 Å². The van der Waals surface area contributed by atoms with Gasteiger partial charge in [-0.3, -0.25) is 4.79 Å². The predicted octanol–water partition coefficient (Wildman–Crippen LogP) is 5.21. The summed E-state index contributed by atoms with van der Waals surface area (Å²) in [7, 11) is 2.87. The largest absolute Gasteiger partial charge is 0.497 e. The van der Waals surface area contributed by atoms with Crippen LogP contribution in [0.3, 0.4) is 0 Å². The van der Waals surface area contributed by atoms with Crippen molar-refractivity contribution >= 4 is 34.3 Å². The van der Waals surface area contributed by atoms with Crippen molar-refractivity contribution in [2.75, 3.05) is 19.5 Å². The van der Waals surface area contributed by atoms with Crippen molar-refractivity contribution in [1.29, 1.82) is 5.26 Å². The van der Waals surface area contributed by atoms with Crippen LogP contribution >= 0.6 is 11.3 Å². The molecule has 8 nitrogen and oxygen atoms in total. The first kappa shape index (κ1) is 24.6. The highest BCUT2D eigenvalue weighted by Crippen LogP contribution is 2.30. The molecule has 1 aromatic carbocycles. The molecule has 0 saturated carbocycles. The lowest BCUT2D eigenvalue weighted by Gasteiger charge is -2.05. The number of esters is 1. The molecule has 2 aromatic heterocycles. The normalized spacial score (nSPS) is 10.9. The van der Waals surface area contributed by atoms with E-state index in [1.54, 1.807) is 49.6 Å². The van der Waals surface area contributed by atoms with Gasteiger partial charge in [-0.2, -0.15) is 5.26 Å². The molecule has 0 atom stereocenters. The third kappa shape index (κ3) is 6.27. The zero-order valence-corrected chi connectivity index (χ0v) is 19.9. The van der Waals surface area contributed by atoms with Gasteiger partial charge in [0, 0.05) is 11.0 Å².